The minimum absolute atomic E-state index is 0.0157. The first-order valence-electron chi connectivity index (χ1n) is 9.38. The van der Waals surface area contributed by atoms with E-state index in [2.05, 4.69) is 37.0 Å². The Morgan fingerprint density at radius 1 is 1.17 bits per heavy atom. The number of aromatic hydroxyl groups is 1. The van der Waals surface area contributed by atoms with Gasteiger partial charge < -0.3 is 5.11 Å². The zero-order valence-corrected chi connectivity index (χ0v) is 19.3. The van der Waals surface area contributed by atoms with Crippen LogP contribution in [0.15, 0.2) is 49.2 Å². The molecule has 1 aliphatic rings. The third-order valence-corrected chi connectivity index (χ3v) is 6.49. The molecule has 0 amide bonds. The Morgan fingerprint density at radius 2 is 1.93 bits per heavy atom. The third kappa shape index (κ3) is 4.27. The van der Waals surface area contributed by atoms with E-state index in [0.29, 0.717) is 31.8 Å². The maximum atomic E-state index is 13.3. The zero-order chi connectivity index (χ0) is 20.5. The molecule has 1 N–H and O–H groups in total. The molecule has 2 aromatic carbocycles. The number of phenols is 1. The molecule has 8 heteroatoms. The third-order valence-electron chi connectivity index (χ3n) is 5.17. The van der Waals surface area contributed by atoms with Crippen molar-refractivity contribution in [3.05, 3.63) is 66.0 Å². The second-order valence-corrected chi connectivity index (χ2v) is 9.36. The molecule has 0 bridgehead atoms. The van der Waals surface area contributed by atoms with Crippen molar-refractivity contribution >= 4 is 60.6 Å². The largest absolute Gasteiger partial charge is 0.506 e. The Kier molecular flexibility index (Phi) is 6.08. The second kappa shape index (κ2) is 8.58. The minimum Gasteiger partial charge on any atom is -0.506 e. The van der Waals surface area contributed by atoms with Crippen molar-refractivity contribution in [2.24, 2.45) is 5.10 Å². The molecule has 1 aliphatic carbocycles. The van der Waals surface area contributed by atoms with Crippen LogP contribution in [0.3, 0.4) is 0 Å². The average Bonchev–Trinajstić information content (AvgIpc) is 2.71. The highest BCUT2D eigenvalue weighted by atomic mass is 79.9. The molecule has 0 aliphatic heterocycles. The predicted molar refractivity (Wildman–Crippen MR) is 123 cm³/mol. The van der Waals surface area contributed by atoms with E-state index in [1.807, 2.05) is 12.1 Å². The van der Waals surface area contributed by atoms with Crippen molar-refractivity contribution in [1.29, 1.82) is 0 Å². The van der Waals surface area contributed by atoms with Crippen LogP contribution in [0.4, 0.5) is 0 Å². The van der Waals surface area contributed by atoms with Crippen LogP contribution in [0, 0.1) is 0 Å². The van der Waals surface area contributed by atoms with Gasteiger partial charge in [0, 0.05) is 21.0 Å². The lowest BCUT2D eigenvalue weighted by Gasteiger charge is -2.22. The fraction of sp³-hybridized carbons (Fsp3) is 0.286. The number of hydrogen-bond donors (Lipinski definition) is 1. The summed E-state index contributed by atoms with van der Waals surface area (Å²) < 4.78 is 2.65. The van der Waals surface area contributed by atoms with E-state index < -0.39 is 0 Å². The van der Waals surface area contributed by atoms with Crippen molar-refractivity contribution in [1.82, 2.24) is 9.66 Å². The average molecular weight is 540 g/mol. The van der Waals surface area contributed by atoms with E-state index in [0.717, 1.165) is 30.2 Å². The molecule has 0 radical (unpaired) electrons. The fourth-order valence-corrected chi connectivity index (χ4v) is 4.90. The van der Waals surface area contributed by atoms with Gasteiger partial charge in [0.1, 0.15) is 11.6 Å². The molecule has 4 rings (SSSR count). The summed E-state index contributed by atoms with van der Waals surface area (Å²) in [6.07, 6.45) is 6.85. The first-order valence-corrected chi connectivity index (χ1v) is 11.3. The van der Waals surface area contributed by atoms with Gasteiger partial charge in [-0.05, 0) is 59.1 Å². The zero-order valence-electron chi connectivity index (χ0n) is 15.4. The molecule has 1 saturated carbocycles. The van der Waals surface area contributed by atoms with E-state index >= 15 is 0 Å². The van der Waals surface area contributed by atoms with E-state index in [4.69, 9.17) is 16.6 Å². The molecular weight excluding hydrogens is 522 g/mol. The quantitative estimate of drug-likeness (QED) is 0.403. The number of aromatic nitrogens is 2. The summed E-state index contributed by atoms with van der Waals surface area (Å²) >= 11 is 12.8. The van der Waals surface area contributed by atoms with Crippen LogP contribution in [0.2, 0.25) is 5.02 Å². The van der Waals surface area contributed by atoms with Crippen LogP contribution in [-0.2, 0) is 0 Å². The lowest BCUT2D eigenvalue weighted by molar-refractivity contribution is 0.416. The summed E-state index contributed by atoms with van der Waals surface area (Å²) in [6, 6.07) is 8.69. The number of nitrogens with zero attached hydrogens (tertiary/aromatic N) is 3. The molecule has 5 nitrogen and oxygen atoms in total. The molecule has 3 aromatic rings. The standard InChI is InChI=1S/C21H18Br2ClN3O2/c22-14-6-7-18-16(9-14)21(29)27(20(26-18)12-4-2-1-3-5-12)25-11-13-8-15(24)10-17(23)19(13)28/h6-12,28H,1-5H2. The molecule has 150 valence electrons. The van der Waals surface area contributed by atoms with Crippen molar-refractivity contribution in [3.63, 3.8) is 0 Å². The van der Waals surface area contributed by atoms with Crippen molar-refractivity contribution in [2.75, 3.05) is 0 Å². The number of rotatable bonds is 3. The highest BCUT2D eigenvalue weighted by Crippen LogP contribution is 2.33. The Bertz CT molecular complexity index is 1170. The van der Waals surface area contributed by atoms with Gasteiger partial charge in [0.2, 0.25) is 0 Å². The van der Waals surface area contributed by atoms with Gasteiger partial charge in [0.15, 0.2) is 0 Å². The second-order valence-electron chi connectivity index (χ2n) is 7.15. The van der Waals surface area contributed by atoms with Gasteiger partial charge in [0.25, 0.3) is 5.56 Å². The highest BCUT2D eigenvalue weighted by Gasteiger charge is 2.22. The molecule has 1 heterocycles. The summed E-state index contributed by atoms with van der Waals surface area (Å²) in [5.41, 5.74) is 0.854. The van der Waals surface area contributed by atoms with Crippen LogP contribution >= 0.6 is 43.5 Å². The topological polar surface area (TPSA) is 67.5 Å². The summed E-state index contributed by atoms with van der Waals surface area (Å²) in [5.74, 6) is 0.865. The molecule has 1 fully saturated rings. The molecule has 0 spiro atoms. The predicted octanol–water partition coefficient (Wildman–Crippen LogP) is 6.21. The van der Waals surface area contributed by atoms with Gasteiger partial charge in [0.05, 0.1) is 21.6 Å². The minimum atomic E-state index is -0.228. The van der Waals surface area contributed by atoms with Crippen molar-refractivity contribution in [3.8, 4) is 5.75 Å². The van der Waals surface area contributed by atoms with E-state index in [-0.39, 0.29) is 17.2 Å². The van der Waals surface area contributed by atoms with E-state index in [9.17, 15) is 9.90 Å². The molecule has 29 heavy (non-hydrogen) atoms. The van der Waals surface area contributed by atoms with Crippen LogP contribution < -0.4 is 5.56 Å². The number of hydrogen-bond acceptors (Lipinski definition) is 4. The van der Waals surface area contributed by atoms with Gasteiger partial charge in [-0.1, -0.05) is 46.8 Å². The first kappa shape index (κ1) is 20.6. The van der Waals surface area contributed by atoms with Crippen LogP contribution in [-0.4, -0.2) is 21.0 Å². The summed E-state index contributed by atoms with van der Waals surface area (Å²) in [4.78, 5) is 18.1. The first-order chi connectivity index (χ1) is 13.9. The number of benzene rings is 2. The van der Waals surface area contributed by atoms with Crippen LogP contribution in [0.1, 0.15) is 49.4 Å². The van der Waals surface area contributed by atoms with Gasteiger partial charge in [-0.15, -0.1) is 0 Å². The number of phenolic OH excluding ortho intramolecular Hbond substituents is 1. The molecular formula is C21H18Br2ClN3O2. The smallest absolute Gasteiger partial charge is 0.282 e. The Labute approximate surface area is 189 Å². The number of fused-ring (bicyclic) bond motifs is 1. The van der Waals surface area contributed by atoms with Crippen molar-refractivity contribution < 1.29 is 5.11 Å². The van der Waals surface area contributed by atoms with E-state index in [1.165, 1.54) is 17.3 Å². The van der Waals surface area contributed by atoms with Crippen LogP contribution in [0.5, 0.6) is 5.75 Å². The Balaban J connectivity index is 1.89. The monoisotopic (exact) mass is 537 g/mol. The normalized spacial score (nSPS) is 15.4. The molecule has 0 unspecified atom stereocenters. The molecule has 0 saturated heterocycles. The SMILES string of the molecule is O=c1c2cc(Br)ccc2nc(C2CCCCC2)n1N=Cc1cc(Cl)cc(Br)c1O. The lowest BCUT2D eigenvalue weighted by atomic mass is 9.88. The van der Waals surface area contributed by atoms with Gasteiger partial charge >= 0.3 is 0 Å². The summed E-state index contributed by atoms with van der Waals surface area (Å²) in [6.45, 7) is 0. The maximum Gasteiger partial charge on any atom is 0.282 e. The number of halogens is 3. The van der Waals surface area contributed by atoms with Gasteiger partial charge in [-0.2, -0.15) is 9.78 Å². The molecule has 1 aromatic heterocycles. The van der Waals surface area contributed by atoms with Crippen LogP contribution in [0.25, 0.3) is 10.9 Å². The Hall–Kier alpha value is -1.70. The van der Waals surface area contributed by atoms with Gasteiger partial charge in [-0.25, -0.2) is 4.98 Å². The highest BCUT2D eigenvalue weighted by molar-refractivity contribution is 9.10. The van der Waals surface area contributed by atoms with E-state index in [1.54, 1.807) is 18.2 Å². The fourth-order valence-electron chi connectivity index (χ4n) is 3.71. The summed E-state index contributed by atoms with van der Waals surface area (Å²) in [7, 11) is 0. The Morgan fingerprint density at radius 3 is 2.69 bits per heavy atom. The van der Waals surface area contributed by atoms with Crippen molar-refractivity contribution in [2.45, 2.75) is 38.0 Å². The molecule has 0 atom stereocenters. The maximum absolute atomic E-state index is 13.3. The van der Waals surface area contributed by atoms with Gasteiger partial charge in [-0.3, -0.25) is 4.79 Å². The summed E-state index contributed by atoms with van der Waals surface area (Å²) in [5, 5.41) is 15.7. The lowest BCUT2D eigenvalue weighted by Crippen LogP contribution is -2.25.